The summed E-state index contributed by atoms with van der Waals surface area (Å²) in [6.07, 6.45) is 2.44. The van der Waals surface area contributed by atoms with Gasteiger partial charge in [0.05, 0.1) is 24.7 Å². The molecule has 2 amide bonds. The lowest BCUT2D eigenvalue weighted by Gasteiger charge is -2.38. The summed E-state index contributed by atoms with van der Waals surface area (Å²) in [4.78, 5) is 34.1. The van der Waals surface area contributed by atoms with Crippen LogP contribution in [0.5, 0.6) is 0 Å². The number of amides is 2. The van der Waals surface area contributed by atoms with Gasteiger partial charge in [-0.05, 0) is 53.4 Å². The maximum absolute atomic E-state index is 13.1. The van der Waals surface area contributed by atoms with Gasteiger partial charge in [0, 0.05) is 18.2 Å². The van der Waals surface area contributed by atoms with E-state index in [-0.39, 0.29) is 18.9 Å². The number of anilines is 1. The van der Waals surface area contributed by atoms with E-state index < -0.39 is 24.9 Å². The van der Waals surface area contributed by atoms with Gasteiger partial charge in [0.25, 0.3) is 11.8 Å². The quantitative estimate of drug-likeness (QED) is 0.368. The van der Waals surface area contributed by atoms with E-state index in [4.69, 9.17) is 21.8 Å². The summed E-state index contributed by atoms with van der Waals surface area (Å²) in [6, 6.07) is 13.7. The van der Waals surface area contributed by atoms with Gasteiger partial charge in [0.1, 0.15) is 11.3 Å². The first-order valence-corrected chi connectivity index (χ1v) is 11.9. The predicted octanol–water partition coefficient (Wildman–Crippen LogP) is 4.47. The smallest absolute Gasteiger partial charge is 0.282 e. The molecule has 0 radical (unpaired) electrons. The lowest BCUT2D eigenvalue weighted by Crippen LogP contribution is -2.58. The van der Waals surface area contributed by atoms with E-state index in [0.29, 0.717) is 39.8 Å². The topological polar surface area (TPSA) is 114 Å². The van der Waals surface area contributed by atoms with Gasteiger partial charge in [0.15, 0.2) is 5.58 Å². The number of rotatable bonds is 7. The van der Waals surface area contributed by atoms with E-state index in [1.807, 2.05) is 6.07 Å². The van der Waals surface area contributed by atoms with Crippen molar-refractivity contribution in [1.82, 2.24) is 20.2 Å². The highest BCUT2D eigenvalue weighted by Crippen LogP contribution is 2.32. The summed E-state index contributed by atoms with van der Waals surface area (Å²) >= 11 is 6.43. The van der Waals surface area contributed by atoms with Crippen molar-refractivity contribution in [2.24, 2.45) is 0 Å². The second kappa shape index (κ2) is 9.78. The largest absolute Gasteiger partial charge is 0.437 e. The highest BCUT2D eigenvalue weighted by atomic mass is 35.5. The van der Waals surface area contributed by atoms with Gasteiger partial charge in [0.2, 0.25) is 11.8 Å². The molecule has 1 aliphatic heterocycles. The Hall–Kier alpha value is -4.05. The number of alkyl halides is 2. The Bertz CT molecular complexity index is 1460. The molecule has 0 aliphatic carbocycles. The van der Waals surface area contributed by atoms with Gasteiger partial charge in [-0.15, -0.1) is 0 Å². The zero-order chi connectivity index (χ0) is 26.2. The number of hydrogen-bond acceptors (Lipinski definition) is 6. The second-order valence-electron chi connectivity index (χ2n) is 8.88. The molecule has 0 bridgehead atoms. The molecule has 190 valence electrons. The Labute approximate surface area is 215 Å². The minimum Gasteiger partial charge on any atom is -0.437 e. The van der Waals surface area contributed by atoms with Crippen molar-refractivity contribution >= 4 is 40.3 Å². The Kier molecular flexibility index (Phi) is 6.51. The van der Waals surface area contributed by atoms with E-state index in [2.05, 4.69) is 15.3 Å². The number of aryl methyl sites for hydroxylation is 1. The SMILES string of the molecule is Nc1ccc(CCC(=O)NCc2nc3cc(-c4ccc(C(=O)N5CC(F)(F)C5)cc4)cc(Cl)c3o2)cn1. The monoisotopic (exact) mass is 525 g/mol. The molecule has 5 rings (SSSR count). The molecule has 0 atom stereocenters. The minimum absolute atomic E-state index is 0.103. The van der Waals surface area contributed by atoms with Crippen molar-refractivity contribution < 1.29 is 22.8 Å². The van der Waals surface area contributed by atoms with Crippen molar-refractivity contribution in [2.75, 3.05) is 18.8 Å². The molecule has 0 spiro atoms. The van der Waals surface area contributed by atoms with Crippen LogP contribution in [0.15, 0.2) is 59.1 Å². The number of nitrogens with two attached hydrogens (primary N) is 1. The number of aromatic nitrogens is 2. The predicted molar refractivity (Wildman–Crippen MR) is 134 cm³/mol. The molecular formula is C26H22ClF2N5O3. The normalized spacial score (nSPS) is 14.4. The molecule has 1 aliphatic rings. The molecule has 3 heterocycles. The number of nitrogens with one attached hydrogen (secondary N) is 1. The van der Waals surface area contributed by atoms with E-state index in [0.717, 1.165) is 21.6 Å². The fraction of sp³-hybridized carbons (Fsp3) is 0.231. The lowest BCUT2D eigenvalue weighted by atomic mass is 10.0. The molecule has 3 N–H and O–H groups in total. The van der Waals surface area contributed by atoms with Crippen molar-refractivity contribution in [3.63, 3.8) is 0 Å². The van der Waals surface area contributed by atoms with Crippen LogP contribution in [0.2, 0.25) is 5.02 Å². The third-order valence-electron chi connectivity index (χ3n) is 6.01. The van der Waals surface area contributed by atoms with Crippen molar-refractivity contribution in [3.05, 3.63) is 76.8 Å². The zero-order valence-electron chi connectivity index (χ0n) is 19.5. The van der Waals surface area contributed by atoms with E-state index >= 15 is 0 Å². The van der Waals surface area contributed by atoms with Crippen LogP contribution >= 0.6 is 11.6 Å². The van der Waals surface area contributed by atoms with Crippen LogP contribution in [0.25, 0.3) is 22.2 Å². The zero-order valence-corrected chi connectivity index (χ0v) is 20.3. The number of carbonyl (C=O) groups is 2. The number of halogens is 3. The molecule has 0 saturated carbocycles. The molecule has 2 aromatic carbocycles. The first-order valence-electron chi connectivity index (χ1n) is 11.5. The van der Waals surface area contributed by atoms with Crippen LogP contribution in [0.3, 0.4) is 0 Å². The molecule has 2 aromatic heterocycles. The average Bonchev–Trinajstić information content (AvgIpc) is 3.29. The summed E-state index contributed by atoms with van der Waals surface area (Å²) in [5.74, 6) is -2.67. The summed E-state index contributed by atoms with van der Waals surface area (Å²) in [5, 5.41) is 3.13. The number of nitrogens with zero attached hydrogens (tertiary/aromatic N) is 3. The first kappa shape index (κ1) is 24.6. The Balaban J connectivity index is 1.22. The third-order valence-corrected chi connectivity index (χ3v) is 6.29. The Morgan fingerprint density at radius 2 is 1.86 bits per heavy atom. The Morgan fingerprint density at radius 3 is 2.54 bits per heavy atom. The lowest BCUT2D eigenvalue weighted by molar-refractivity contribution is -0.121. The molecule has 4 aromatic rings. The molecule has 11 heteroatoms. The standard InChI is InChI=1S/C26H22ClF2N5O3/c27-19-9-18(16-3-5-17(6-4-16)25(36)34-13-26(28,29)14-34)10-20-24(19)37-23(33-20)12-32-22(35)8-2-15-1-7-21(30)31-11-15/h1,3-7,9-11H,2,8,12-14H2,(H2,30,31)(H,32,35). The van der Waals surface area contributed by atoms with Crippen molar-refractivity contribution in [3.8, 4) is 11.1 Å². The fourth-order valence-corrected chi connectivity index (χ4v) is 4.28. The molecule has 37 heavy (non-hydrogen) atoms. The Morgan fingerprint density at radius 1 is 1.11 bits per heavy atom. The van der Waals surface area contributed by atoms with Crippen molar-refractivity contribution in [1.29, 1.82) is 0 Å². The highest BCUT2D eigenvalue weighted by Gasteiger charge is 2.46. The van der Waals surface area contributed by atoms with Gasteiger partial charge >= 0.3 is 0 Å². The number of benzene rings is 2. The van der Waals surface area contributed by atoms with Gasteiger partial charge in [-0.1, -0.05) is 29.8 Å². The van der Waals surface area contributed by atoms with E-state index in [1.165, 1.54) is 0 Å². The molecule has 8 nitrogen and oxygen atoms in total. The number of likely N-dealkylation sites (tertiary alicyclic amines) is 1. The van der Waals surface area contributed by atoms with Crippen LogP contribution in [0, 0.1) is 0 Å². The highest BCUT2D eigenvalue weighted by molar-refractivity contribution is 6.35. The van der Waals surface area contributed by atoms with Crippen LogP contribution < -0.4 is 11.1 Å². The number of nitrogen functional groups attached to an aromatic ring is 1. The third kappa shape index (κ3) is 5.54. The number of carbonyl (C=O) groups excluding carboxylic acids is 2. The van der Waals surface area contributed by atoms with Gasteiger partial charge < -0.3 is 20.4 Å². The number of hydrogen-bond donors (Lipinski definition) is 2. The number of fused-ring (bicyclic) bond motifs is 1. The molecule has 1 fully saturated rings. The molecular weight excluding hydrogens is 504 g/mol. The number of pyridine rings is 1. The molecule has 0 unspecified atom stereocenters. The summed E-state index contributed by atoms with van der Waals surface area (Å²) in [5.41, 5.74) is 9.23. The van der Waals surface area contributed by atoms with Gasteiger partial charge in [-0.2, -0.15) is 0 Å². The second-order valence-corrected chi connectivity index (χ2v) is 9.28. The average molecular weight is 526 g/mol. The summed E-state index contributed by atoms with van der Waals surface area (Å²) in [7, 11) is 0. The maximum Gasteiger partial charge on any atom is 0.282 e. The minimum atomic E-state index is -2.81. The number of oxazole rings is 1. The fourth-order valence-electron chi connectivity index (χ4n) is 4.03. The van der Waals surface area contributed by atoms with Gasteiger partial charge in [-0.3, -0.25) is 9.59 Å². The summed E-state index contributed by atoms with van der Waals surface area (Å²) in [6.45, 7) is -1.02. The van der Waals surface area contributed by atoms with Crippen LogP contribution in [-0.4, -0.2) is 45.7 Å². The first-order chi connectivity index (χ1) is 17.7. The van der Waals surface area contributed by atoms with Crippen LogP contribution in [0.4, 0.5) is 14.6 Å². The van der Waals surface area contributed by atoms with Gasteiger partial charge in [-0.25, -0.2) is 18.7 Å². The van der Waals surface area contributed by atoms with Crippen LogP contribution in [0.1, 0.15) is 28.2 Å². The molecule has 1 saturated heterocycles. The van der Waals surface area contributed by atoms with Crippen LogP contribution in [-0.2, 0) is 17.8 Å². The maximum atomic E-state index is 13.1. The van der Waals surface area contributed by atoms with E-state index in [1.54, 1.807) is 48.7 Å². The van der Waals surface area contributed by atoms with Crippen molar-refractivity contribution in [2.45, 2.75) is 25.3 Å². The van der Waals surface area contributed by atoms with E-state index in [9.17, 15) is 18.4 Å². The summed E-state index contributed by atoms with van der Waals surface area (Å²) < 4.78 is 31.9.